The van der Waals surface area contributed by atoms with Gasteiger partial charge in [-0.15, -0.1) is 0 Å². The van der Waals surface area contributed by atoms with Gasteiger partial charge in [0.05, 0.1) is 6.61 Å². The Morgan fingerprint density at radius 3 is 2.58 bits per heavy atom. The minimum atomic E-state index is 0.0710. The predicted molar refractivity (Wildman–Crippen MR) is 98.7 cm³/mol. The van der Waals surface area contributed by atoms with Crippen LogP contribution in [0.2, 0.25) is 5.02 Å². The number of halogens is 1. The Labute approximate surface area is 149 Å². The van der Waals surface area contributed by atoms with Gasteiger partial charge in [0.1, 0.15) is 5.75 Å². The molecule has 0 aliphatic heterocycles. The molecule has 0 atom stereocenters. The number of nitrogens with one attached hydrogen (secondary N) is 1. The van der Waals surface area contributed by atoms with Crippen molar-refractivity contribution in [3.63, 3.8) is 0 Å². The van der Waals surface area contributed by atoms with Crippen LogP contribution >= 0.6 is 11.6 Å². The van der Waals surface area contributed by atoms with E-state index in [9.17, 15) is 4.79 Å². The van der Waals surface area contributed by atoms with Gasteiger partial charge in [-0.2, -0.15) is 0 Å². The Hall–Kier alpha value is -2.00. The number of hydrogen-bond donors (Lipinski definition) is 1. The number of hydrogen-bond acceptors (Lipinski definition) is 2. The van der Waals surface area contributed by atoms with Gasteiger partial charge in [0, 0.05) is 18.0 Å². The molecule has 0 aliphatic rings. The van der Waals surface area contributed by atoms with Crippen LogP contribution in [0, 0.1) is 6.92 Å². The van der Waals surface area contributed by atoms with Crippen LogP contribution in [-0.4, -0.2) is 19.1 Å². The van der Waals surface area contributed by atoms with E-state index in [1.54, 1.807) is 0 Å². The Morgan fingerprint density at radius 1 is 1.08 bits per heavy atom. The molecule has 3 nitrogen and oxygen atoms in total. The molecule has 0 spiro atoms. The first-order chi connectivity index (χ1) is 11.6. The summed E-state index contributed by atoms with van der Waals surface area (Å²) in [6.07, 6.45) is 2.95. The van der Waals surface area contributed by atoms with E-state index in [1.807, 2.05) is 55.5 Å². The Balaban J connectivity index is 1.53. The first-order valence-electron chi connectivity index (χ1n) is 8.35. The molecule has 0 aliphatic carbocycles. The van der Waals surface area contributed by atoms with Crippen molar-refractivity contribution in [2.45, 2.75) is 32.6 Å². The first kappa shape index (κ1) is 18.3. The lowest BCUT2D eigenvalue weighted by molar-refractivity contribution is -0.121. The highest BCUT2D eigenvalue weighted by Crippen LogP contribution is 2.16. The average molecular weight is 346 g/mol. The molecule has 2 rings (SSSR count). The van der Waals surface area contributed by atoms with Gasteiger partial charge in [0.2, 0.25) is 5.91 Å². The maximum Gasteiger partial charge on any atom is 0.220 e. The standard InChI is InChI=1S/C20H24ClNO2/c1-16-10-12-18(13-11-16)24-15-5-9-20(23)22-14-4-7-17-6-2-3-8-19(17)21/h2-3,6,8,10-13H,4-5,7,9,14-15H2,1H3,(H,22,23). The van der Waals surface area contributed by atoms with Crippen LogP contribution in [0.1, 0.15) is 30.4 Å². The highest BCUT2D eigenvalue weighted by molar-refractivity contribution is 6.31. The summed E-state index contributed by atoms with van der Waals surface area (Å²) in [5.74, 6) is 0.919. The minimum Gasteiger partial charge on any atom is -0.494 e. The Morgan fingerprint density at radius 2 is 1.83 bits per heavy atom. The molecule has 128 valence electrons. The zero-order valence-electron chi connectivity index (χ0n) is 14.1. The number of benzene rings is 2. The molecule has 24 heavy (non-hydrogen) atoms. The van der Waals surface area contributed by atoms with E-state index in [2.05, 4.69) is 5.32 Å². The molecule has 0 saturated carbocycles. The van der Waals surface area contributed by atoms with E-state index in [0.717, 1.165) is 29.2 Å². The molecule has 0 saturated heterocycles. The summed E-state index contributed by atoms with van der Waals surface area (Å²) < 4.78 is 5.61. The second-order valence-corrected chi connectivity index (χ2v) is 6.22. The third-order valence-corrected chi connectivity index (χ3v) is 4.11. The van der Waals surface area contributed by atoms with Gasteiger partial charge in [0.15, 0.2) is 0 Å². The molecule has 0 fully saturated rings. The van der Waals surface area contributed by atoms with Crippen molar-refractivity contribution < 1.29 is 9.53 Å². The van der Waals surface area contributed by atoms with Crippen molar-refractivity contribution in [2.75, 3.05) is 13.2 Å². The summed E-state index contributed by atoms with van der Waals surface area (Å²) in [7, 11) is 0. The van der Waals surface area contributed by atoms with Gasteiger partial charge < -0.3 is 10.1 Å². The van der Waals surface area contributed by atoms with Crippen molar-refractivity contribution in [3.8, 4) is 5.75 Å². The van der Waals surface area contributed by atoms with E-state index in [-0.39, 0.29) is 5.91 Å². The molecule has 1 amide bonds. The van der Waals surface area contributed by atoms with Crippen LogP contribution in [-0.2, 0) is 11.2 Å². The van der Waals surface area contributed by atoms with Crippen molar-refractivity contribution in [2.24, 2.45) is 0 Å². The van der Waals surface area contributed by atoms with E-state index in [1.165, 1.54) is 5.56 Å². The molecule has 4 heteroatoms. The minimum absolute atomic E-state index is 0.0710. The smallest absolute Gasteiger partial charge is 0.220 e. The van der Waals surface area contributed by atoms with E-state index < -0.39 is 0 Å². The van der Waals surface area contributed by atoms with Gasteiger partial charge in [-0.05, 0) is 49.9 Å². The zero-order chi connectivity index (χ0) is 17.2. The fourth-order valence-corrected chi connectivity index (χ4v) is 2.58. The SMILES string of the molecule is Cc1ccc(OCCCC(=O)NCCCc2ccccc2Cl)cc1. The molecule has 0 bridgehead atoms. The number of aryl methyl sites for hydroxylation is 2. The molecule has 2 aromatic carbocycles. The zero-order valence-corrected chi connectivity index (χ0v) is 14.8. The summed E-state index contributed by atoms with van der Waals surface area (Å²) in [5, 5.41) is 3.73. The second-order valence-electron chi connectivity index (χ2n) is 5.81. The van der Waals surface area contributed by atoms with Crippen LogP contribution in [0.25, 0.3) is 0 Å². The van der Waals surface area contributed by atoms with Crippen molar-refractivity contribution in [1.29, 1.82) is 0 Å². The van der Waals surface area contributed by atoms with E-state index >= 15 is 0 Å². The molecule has 0 aromatic heterocycles. The fraction of sp³-hybridized carbons (Fsp3) is 0.350. The maximum absolute atomic E-state index is 11.8. The molecular weight excluding hydrogens is 322 g/mol. The topological polar surface area (TPSA) is 38.3 Å². The molecule has 2 aromatic rings. The fourth-order valence-electron chi connectivity index (χ4n) is 2.35. The summed E-state index contributed by atoms with van der Waals surface area (Å²) >= 11 is 6.11. The summed E-state index contributed by atoms with van der Waals surface area (Å²) in [5.41, 5.74) is 2.33. The predicted octanol–water partition coefficient (Wildman–Crippen LogP) is 4.56. The van der Waals surface area contributed by atoms with Crippen LogP contribution in [0.5, 0.6) is 5.75 Å². The largest absolute Gasteiger partial charge is 0.494 e. The third kappa shape index (κ3) is 6.63. The second kappa shape index (κ2) is 9.99. The van der Waals surface area contributed by atoms with Gasteiger partial charge in [-0.1, -0.05) is 47.5 Å². The number of carbonyl (C=O) groups excluding carboxylic acids is 1. The summed E-state index contributed by atoms with van der Waals surface area (Å²) in [6, 6.07) is 15.7. The van der Waals surface area contributed by atoms with E-state index in [4.69, 9.17) is 16.3 Å². The highest BCUT2D eigenvalue weighted by Gasteiger charge is 2.03. The Kier molecular flexibility index (Phi) is 7.63. The molecule has 0 heterocycles. The van der Waals surface area contributed by atoms with Gasteiger partial charge in [-0.3, -0.25) is 4.79 Å². The Bertz CT molecular complexity index is 640. The number of ether oxygens (including phenoxy) is 1. The lowest BCUT2D eigenvalue weighted by atomic mass is 10.1. The average Bonchev–Trinajstić information content (AvgIpc) is 2.58. The number of amides is 1. The molecule has 0 radical (unpaired) electrons. The molecule has 1 N–H and O–H groups in total. The van der Waals surface area contributed by atoms with Crippen LogP contribution in [0.15, 0.2) is 48.5 Å². The lowest BCUT2D eigenvalue weighted by Crippen LogP contribution is -2.24. The maximum atomic E-state index is 11.8. The monoisotopic (exact) mass is 345 g/mol. The molecular formula is C20H24ClNO2. The van der Waals surface area contributed by atoms with E-state index in [0.29, 0.717) is 26.0 Å². The lowest BCUT2D eigenvalue weighted by Gasteiger charge is -2.08. The van der Waals surface area contributed by atoms with Crippen molar-refractivity contribution in [3.05, 3.63) is 64.7 Å². The molecule has 0 unspecified atom stereocenters. The van der Waals surface area contributed by atoms with Crippen molar-refractivity contribution in [1.82, 2.24) is 5.32 Å². The van der Waals surface area contributed by atoms with Crippen LogP contribution < -0.4 is 10.1 Å². The first-order valence-corrected chi connectivity index (χ1v) is 8.72. The third-order valence-electron chi connectivity index (χ3n) is 3.74. The summed E-state index contributed by atoms with van der Waals surface area (Å²) in [4.78, 5) is 11.8. The highest BCUT2D eigenvalue weighted by atomic mass is 35.5. The van der Waals surface area contributed by atoms with Gasteiger partial charge in [0.25, 0.3) is 0 Å². The number of carbonyl (C=O) groups is 1. The number of rotatable bonds is 9. The normalized spacial score (nSPS) is 10.4. The van der Waals surface area contributed by atoms with Crippen LogP contribution in [0.3, 0.4) is 0 Å². The summed E-state index contributed by atoms with van der Waals surface area (Å²) in [6.45, 7) is 3.26. The van der Waals surface area contributed by atoms with Crippen molar-refractivity contribution >= 4 is 17.5 Å². The van der Waals surface area contributed by atoms with Crippen LogP contribution in [0.4, 0.5) is 0 Å². The quantitative estimate of drug-likeness (QED) is 0.677. The van der Waals surface area contributed by atoms with Gasteiger partial charge >= 0.3 is 0 Å². The van der Waals surface area contributed by atoms with Gasteiger partial charge in [-0.25, -0.2) is 0 Å².